The lowest BCUT2D eigenvalue weighted by Crippen LogP contribution is -2.32. The molecule has 0 saturated carbocycles. The van der Waals surface area contributed by atoms with Crippen LogP contribution in [0.4, 0.5) is 5.00 Å². The Morgan fingerprint density at radius 2 is 1.81 bits per heavy atom. The topological polar surface area (TPSA) is 132 Å². The molecule has 10 nitrogen and oxygen atoms in total. The van der Waals surface area contributed by atoms with Crippen LogP contribution < -0.4 is 20.2 Å². The fourth-order valence-corrected chi connectivity index (χ4v) is 6.13. The molecule has 0 fully saturated rings. The highest BCUT2D eigenvalue weighted by atomic mass is 79.9. The minimum atomic E-state index is -1.04. The summed E-state index contributed by atoms with van der Waals surface area (Å²) in [6, 6.07) is 11.4. The zero-order chi connectivity index (χ0) is 30.2. The van der Waals surface area contributed by atoms with Crippen LogP contribution in [0.2, 0.25) is 0 Å². The normalized spacial score (nSPS) is 14.1. The quantitative estimate of drug-likeness (QED) is 0.102. The van der Waals surface area contributed by atoms with Crippen molar-refractivity contribution < 1.29 is 33.4 Å². The maximum absolute atomic E-state index is 12.7. The second-order valence-electron chi connectivity index (χ2n) is 9.46. The number of fused-ring (bicyclic) bond motifs is 1. The van der Waals surface area contributed by atoms with E-state index in [-0.39, 0.29) is 17.4 Å². The molecule has 0 unspecified atom stereocenters. The number of carbonyl (C=O) groups is 4. The van der Waals surface area contributed by atoms with Crippen molar-refractivity contribution in [3.8, 4) is 11.5 Å². The van der Waals surface area contributed by atoms with E-state index in [1.165, 1.54) is 17.6 Å². The summed E-state index contributed by atoms with van der Waals surface area (Å²) in [6.45, 7) is 6.41. The SMILES string of the molecule is CCOC(=O)c1c(NC(=O)C(=O)N/N=C\c2cc(Br)ccc2OC(=O)c2ccc(OCC)cc2)sc2c1CC[C@@H](C)C2. The Morgan fingerprint density at radius 1 is 1.05 bits per heavy atom. The Morgan fingerprint density at radius 3 is 2.52 bits per heavy atom. The molecule has 1 aliphatic rings. The molecule has 42 heavy (non-hydrogen) atoms. The smallest absolute Gasteiger partial charge is 0.343 e. The number of rotatable bonds is 9. The van der Waals surface area contributed by atoms with Crippen LogP contribution in [-0.2, 0) is 27.2 Å². The predicted octanol–water partition coefficient (Wildman–Crippen LogP) is 5.52. The van der Waals surface area contributed by atoms with Crippen molar-refractivity contribution in [2.45, 2.75) is 40.0 Å². The van der Waals surface area contributed by atoms with Crippen LogP contribution in [0.25, 0.3) is 0 Å². The van der Waals surface area contributed by atoms with Crippen molar-refractivity contribution in [1.82, 2.24) is 5.43 Å². The van der Waals surface area contributed by atoms with Gasteiger partial charge in [-0.15, -0.1) is 11.3 Å². The van der Waals surface area contributed by atoms with E-state index >= 15 is 0 Å². The summed E-state index contributed by atoms with van der Waals surface area (Å²) in [6.07, 6.45) is 3.67. The number of thiophene rings is 1. The molecule has 2 N–H and O–H groups in total. The Hall–Kier alpha value is -4.03. The molecule has 0 radical (unpaired) electrons. The maximum Gasteiger partial charge on any atom is 0.343 e. The molecule has 4 rings (SSSR count). The zero-order valence-corrected chi connectivity index (χ0v) is 25.7. The fourth-order valence-electron chi connectivity index (χ4n) is 4.35. The number of anilines is 1. The number of amides is 2. The van der Waals surface area contributed by atoms with Gasteiger partial charge in [-0.3, -0.25) is 9.59 Å². The fraction of sp³-hybridized carbons (Fsp3) is 0.300. The standard InChI is InChI=1S/C30H30BrN3O7S/c1-4-39-21-10-7-18(8-11-21)29(37)41-23-13-9-20(31)15-19(23)16-32-34-27(36)26(35)33-28-25(30(38)40-5-2)22-12-6-17(3)14-24(22)42-28/h7-11,13,15-17H,4-6,12,14H2,1-3H3,(H,33,35)(H,34,36)/b32-16-/t17-/m1/s1. The van der Waals surface area contributed by atoms with Gasteiger partial charge in [-0.2, -0.15) is 5.10 Å². The van der Waals surface area contributed by atoms with Gasteiger partial charge in [-0.05, 0) is 87.1 Å². The number of ether oxygens (including phenoxy) is 3. The summed E-state index contributed by atoms with van der Waals surface area (Å²) in [5.74, 6) is -1.86. The number of hydrogen-bond acceptors (Lipinski definition) is 9. The van der Waals surface area contributed by atoms with Gasteiger partial charge in [0, 0.05) is 14.9 Å². The van der Waals surface area contributed by atoms with Crippen molar-refractivity contribution in [2.75, 3.05) is 18.5 Å². The van der Waals surface area contributed by atoms with E-state index in [0.29, 0.717) is 45.9 Å². The average Bonchev–Trinajstić information content (AvgIpc) is 3.31. The largest absolute Gasteiger partial charge is 0.494 e. The molecular weight excluding hydrogens is 626 g/mol. The molecule has 0 saturated heterocycles. The van der Waals surface area contributed by atoms with Crippen LogP contribution in [0.15, 0.2) is 52.0 Å². The van der Waals surface area contributed by atoms with Gasteiger partial charge in [0.05, 0.1) is 30.6 Å². The molecule has 1 heterocycles. The number of hydrogen-bond donors (Lipinski definition) is 2. The number of esters is 2. The second kappa shape index (κ2) is 14.2. The van der Waals surface area contributed by atoms with Crippen LogP contribution in [0, 0.1) is 5.92 Å². The third kappa shape index (κ3) is 7.62. The van der Waals surface area contributed by atoms with Crippen molar-refractivity contribution in [3.05, 3.63) is 74.1 Å². The number of carbonyl (C=O) groups excluding carboxylic acids is 4. The first-order valence-corrected chi connectivity index (χ1v) is 15.0. The van der Waals surface area contributed by atoms with Gasteiger partial charge in [-0.1, -0.05) is 22.9 Å². The first-order chi connectivity index (χ1) is 20.2. The number of nitrogens with zero attached hydrogens (tertiary/aromatic N) is 1. The number of nitrogens with one attached hydrogen (secondary N) is 2. The third-order valence-electron chi connectivity index (χ3n) is 6.37. The molecule has 1 aliphatic carbocycles. The second-order valence-corrected chi connectivity index (χ2v) is 11.5. The lowest BCUT2D eigenvalue weighted by atomic mass is 9.88. The van der Waals surface area contributed by atoms with E-state index in [1.54, 1.807) is 49.4 Å². The Balaban J connectivity index is 1.43. The zero-order valence-electron chi connectivity index (χ0n) is 23.3. The summed E-state index contributed by atoms with van der Waals surface area (Å²) < 4.78 is 16.8. The molecule has 1 atom stereocenters. The highest BCUT2D eigenvalue weighted by Crippen LogP contribution is 2.40. The first-order valence-electron chi connectivity index (χ1n) is 13.4. The van der Waals surface area contributed by atoms with E-state index in [4.69, 9.17) is 14.2 Å². The first kappa shape index (κ1) is 30.9. The van der Waals surface area contributed by atoms with Gasteiger partial charge in [-0.25, -0.2) is 15.0 Å². The number of benzene rings is 2. The van der Waals surface area contributed by atoms with E-state index in [9.17, 15) is 19.2 Å². The minimum Gasteiger partial charge on any atom is -0.494 e. The van der Waals surface area contributed by atoms with Gasteiger partial charge in [0.1, 0.15) is 16.5 Å². The van der Waals surface area contributed by atoms with Crippen molar-refractivity contribution in [2.24, 2.45) is 11.0 Å². The van der Waals surface area contributed by atoms with Crippen LogP contribution in [0.5, 0.6) is 11.5 Å². The van der Waals surface area contributed by atoms with Gasteiger partial charge < -0.3 is 19.5 Å². The van der Waals surface area contributed by atoms with E-state index in [2.05, 4.69) is 38.7 Å². The van der Waals surface area contributed by atoms with E-state index < -0.39 is 23.8 Å². The average molecular weight is 657 g/mol. The van der Waals surface area contributed by atoms with Gasteiger partial charge in [0.25, 0.3) is 0 Å². The van der Waals surface area contributed by atoms with Crippen LogP contribution in [0.1, 0.15) is 63.9 Å². The molecule has 1 aromatic heterocycles. The number of hydrazone groups is 1. The summed E-state index contributed by atoms with van der Waals surface area (Å²) in [4.78, 5) is 51.7. The molecular formula is C30H30BrN3O7S. The van der Waals surface area contributed by atoms with Crippen molar-refractivity contribution in [1.29, 1.82) is 0 Å². The summed E-state index contributed by atoms with van der Waals surface area (Å²) >= 11 is 4.65. The minimum absolute atomic E-state index is 0.190. The van der Waals surface area contributed by atoms with Gasteiger partial charge >= 0.3 is 23.8 Å². The molecule has 3 aromatic rings. The third-order valence-corrected chi connectivity index (χ3v) is 8.03. The van der Waals surface area contributed by atoms with Crippen LogP contribution in [0.3, 0.4) is 0 Å². The highest BCUT2D eigenvalue weighted by Gasteiger charge is 2.30. The molecule has 2 aromatic carbocycles. The molecule has 220 valence electrons. The summed E-state index contributed by atoms with van der Waals surface area (Å²) in [5, 5.41) is 6.72. The predicted molar refractivity (Wildman–Crippen MR) is 163 cm³/mol. The lowest BCUT2D eigenvalue weighted by Gasteiger charge is -2.18. The lowest BCUT2D eigenvalue weighted by molar-refractivity contribution is -0.136. The molecule has 0 bridgehead atoms. The molecule has 12 heteroatoms. The summed E-state index contributed by atoms with van der Waals surface area (Å²) in [5.41, 5.74) is 4.05. The Bertz CT molecular complexity index is 1520. The van der Waals surface area contributed by atoms with E-state index in [1.807, 2.05) is 6.92 Å². The monoisotopic (exact) mass is 655 g/mol. The Kier molecular flexibility index (Phi) is 10.5. The van der Waals surface area contributed by atoms with Crippen LogP contribution in [-0.4, -0.2) is 43.2 Å². The summed E-state index contributed by atoms with van der Waals surface area (Å²) in [7, 11) is 0. The molecule has 0 aliphatic heterocycles. The molecule has 0 spiro atoms. The van der Waals surface area contributed by atoms with Gasteiger partial charge in [0.2, 0.25) is 0 Å². The molecule has 2 amide bonds. The van der Waals surface area contributed by atoms with E-state index in [0.717, 1.165) is 23.3 Å². The maximum atomic E-state index is 12.7. The number of halogens is 1. The van der Waals surface area contributed by atoms with Crippen LogP contribution >= 0.6 is 27.3 Å². The van der Waals surface area contributed by atoms with Gasteiger partial charge in [0.15, 0.2) is 0 Å². The van der Waals surface area contributed by atoms with Crippen molar-refractivity contribution in [3.63, 3.8) is 0 Å². The highest BCUT2D eigenvalue weighted by molar-refractivity contribution is 9.10. The Labute approximate surface area is 255 Å². The van der Waals surface area contributed by atoms with Crippen molar-refractivity contribution >= 4 is 62.2 Å².